The van der Waals surface area contributed by atoms with E-state index in [9.17, 15) is 4.79 Å². The van der Waals surface area contributed by atoms with Gasteiger partial charge in [0.05, 0.1) is 19.8 Å². The maximum atomic E-state index is 10.5. The predicted octanol–water partition coefficient (Wildman–Crippen LogP) is -0.600. The van der Waals surface area contributed by atoms with Gasteiger partial charge in [-0.05, 0) is 14.0 Å². The molecule has 0 aliphatic heterocycles. The van der Waals surface area contributed by atoms with Gasteiger partial charge in [0.25, 0.3) is 0 Å². The lowest BCUT2D eigenvalue weighted by atomic mass is 10.3. The van der Waals surface area contributed by atoms with Crippen LogP contribution >= 0.6 is 0 Å². The second-order valence-electron chi connectivity index (χ2n) is 2.83. The molecule has 0 spiro atoms. The largest absolute Gasteiger partial charge is 0.480 e. The Bertz CT molecular complexity index is 151. The van der Waals surface area contributed by atoms with E-state index in [1.807, 2.05) is 0 Å². The highest BCUT2D eigenvalue weighted by Gasteiger charge is 2.15. The summed E-state index contributed by atoms with van der Waals surface area (Å²) in [5.41, 5.74) is 0. The number of hydrogen-bond acceptors (Lipinski definition) is 4. The van der Waals surface area contributed by atoms with Gasteiger partial charge < -0.3 is 14.9 Å². The number of rotatable bonds is 7. The molecule has 5 nitrogen and oxygen atoms in total. The molecule has 0 fully saturated rings. The Kier molecular flexibility index (Phi) is 6.48. The summed E-state index contributed by atoms with van der Waals surface area (Å²) in [6.07, 6.45) is 0. The summed E-state index contributed by atoms with van der Waals surface area (Å²) in [6, 6.07) is -0.502. The molecule has 2 N–H and O–H groups in total. The number of aliphatic carboxylic acids is 1. The van der Waals surface area contributed by atoms with Crippen molar-refractivity contribution < 1.29 is 19.7 Å². The highest BCUT2D eigenvalue weighted by atomic mass is 16.5. The van der Waals surface area contributed by atoms with E-state index in [2.05, 4.69) is 0 Å². The van der Waals surface area contributed by atoms with Crippen molar-refractivity contribution in [3.63, 3.8) is 0 Å². The Balaban J connectivity index is 3.50. The lowest BCUT2D eigenvalue weighted by Crippen LogP contribution is -2.37. The first kappa shape index (κ1) is 12.3. The summed E-state index contributed by atoms with van der Waals surface area (Å²) in [5, 5.41) is 17.0. The first-order valence-corrected chi connectivity index (χ1v) is 4.21. The second-order valence-corrected chi connectivity index (χ2v) is 2.83. The van der Waals surface area contributed by atoms with Crippen molar-refractivity contribution in [3.05, 3.63) is 0 Å². The van der Waals surface area contributed by atoms with Crippen molar-refractivity contribution in [1.29, 1.82) is 0 Å². The van der Waals surface area contributed by atoms with Crippen molar-refractivity contribution in [3.8, 4) is 0 Å². The highest BCUT2D eigenvalue weighted by Crippen LogP contribution is 1.94. The maximum Gasteiger partial charge on any atom is 0.320 e. The van der Waals surface area contributed by atoms with Gasteiger partial charge >= 0.3 is 5.97 Å². The van der Waals surface area contributed by atoms with Crippen LogP contribution in [-0.2, 0) is 9.53 Å². The molecule has 0 aromatic carbocycles. The van der Waals surface area contributed by atoms with Gasteiger partial charge in [0.1, 0.15) is 6.04 Å². The van der Waals surface area contributed by atoms with Crippen LogP contribution < -0.4 is 0 Å². The van der Waals surface area contributed by atoms with Crippen LogP contribution in [0, 0.1) is 0 Å². The minimum absolute atomic E-state index is 0.00179. The molecule has 13 heavy (non-hydrogen) atoms. The van der Waals surface area contributed by atoms with Crippen LogP contribution in [0.4, 0.5) is 0 Å². The second kappa shape index (κ2) is 6.82. The van der Waals surface area contributed by atoms with Crippen LogP contribution in [0.1, 0.15) is 6.92 Å². The highest BCUT2D eigenvalue weighted by molar-refractivity contribution is 5.72. The van der Waals surface area contributed by atoms with Crippen molar-refractivity contribution >= 4 is 5.97 Å². The normalized spacial score (nSPS) is 13.2. The lowest BCUT2D eigenvalue weighted by Gasteiger charge is -2.20. The van der Waals surface area contributed by atoms with Gasteiger partial charge in [-0.25, -0.2) is 0 Å². The quantitative estimate of drug-likeness (QED) is 0.526. The molecule has 0 aliphatic carbocycles. The van der Waals surface area contributed by atoms with E-state index >= 15 is 0 Å². The number of hydrogen-bond donors (Lipinski definition) is 2. The molecule has 0 aromatic rings. The number of carboxylic acids is 1. The van der Waals surface area contributed by atoms with Crippen molar-refractivity contribution in [1.82, 2.24) is 4.90 Å². The number of carboxylic acid groups (broad SMARTS) is 1. The predicted molar refractivity (Wildman–Crippen MR) is 47.6 cm³/mol. The summed E-state index contributed by atoms with van der Waals surface area (Å²) in [7, 11) is 1.72. The van der Waals surface area contributed by atoms with Crippen LogP contribution in [0.15, 0.2) is 0 Å². The van der Waals surface area contributed by atoms with E-state index in [1.54, 1.807) is 18.9 Å². The molecular formula is C8H17NO4. The zero-order valence-electron chi connectivity index (χ0n) is 8.06. The molecule has 0 aliphatic rings. The van der Waals surface area contributed by atoms with Crippen molar-refractivity contribution in [2.24, 2.45) is 0 Å². The molecule has 0 aromatic heterocycles. The number of carbonyl (C=O) groups is 1. The van der Waals surface area contributed by atoms with Gasteiger partial charge in [0.2, 0.25) is 0 Å². The molecule has 1 unspecified atom stereocenters. The average Bonchev–Trinajstić information content (AvgIpc) is 2.10. The maximum absolute atomic E-state index is 10.5. The molecular weight excluding hydrogens is 174 g/mol. The number of ether oxygens (including phenoxy) is 1. The monoisotopic (exact) mass is 191 g/mol. The summed E-state index contributed by atoms with van der Waals surface area (Å²) in [6.45, 7) is 2.91. The van der Waals surface area contributed by atoms with E-state index in [0.717, 1.165) is 0 Å². The Morgan fingerprint density at radius 2 is 2.15 bits per heavy atom. The van der Waals surface area contributed by atoms with Gasteiger partial charge in [0, 0.05) is 6.54 Å². The average molecular weight is 191 g/mol. The van der Waals surface area contributed by atoms with Gasteiger partial charge in [-0.15, -0.1) is 0 Å². The fourth-order valence-corrected chi connectivity index (χ4v) is 0.757. The standard InChI is InChI=1S/C8H17NO4/c1-7(8(11)12)9(2)3-5-13-6-4-10/h7,10H,3-6H2,1-2H3,(H,11,12). The Labute approximate surface area is 77.9 Å². The zero-order valence-corrected chi connectivity index (χ0v) is 8.06. The third-order valence-corrected chi connectivity index (χ3v) is 1.84. The summed E-state index contributed by atoms with van der Waals surface area (Å²) >= 11 is 0. The summed E-state index contributed by atoms with van der Waals surface area (Å²) < 4.78 is 5.00. The van der Waals surface area contributed by atoms with Gasteiger partial charge in [-0.2, -0.15) is 0 Å². The lowest BCUT2D eigenvalue weighted by molar-refractivity contribution is -0.142. The molecule has 0 heterocycles. The van der Waals surface area contributed by atoms with Crippen molar-refractivity contribution in [2.75, 3.05) is 33.4 Å². The van der Waals surface area contributed by atoms with E-state index in [0.29, 0.717) is 19.8 Å². The van der Waals surface area contributed by atoms with Crippen molar-refractivity contribution in [2.45, 2.75) is 13.0 Å². The fraction of sp³-hybridized carbons (Fsp3) is 0.875. The number of nitrogens with zero attached hydrogens (tertiary/aromatic N) is 1. The molecule has 0 amide bonds. The van der Waals surface area contributed by atoms with Crippen LogP contribution in [0.25, 0.3) is 0 Å². The minimum atomic E-state index is -0.843. The van der Waals surface area contributed by atoms with Crippen LogP contribution in [0.3, 0.4) is 0 Å². The first-order valence-electron chi connectivity index (χ1n) is 4.21. The summed E-state index contributed by atoms with van der Waals surface area (Å²) in [5.74, 6) is -0.843. The van der Waals surface area contributed by atoms with Crippen LogP contribution in [0.5, 0.6) is 0 Å². The Morgan fingerprint density at radius 3 is 2.62 bits per heavy atom. The topological polar surface area (TPSA) is 70.0 Å². The van der Waals surface area contributed by atoms with Crippen LogP contribution in [0.2, 0.25) is 0 Å². The molecule has 0 saturated heterocycles. The molecule has 78 valence electrons. The number of aliphatic hydroxyl groups is 1. The third-order valence-electron chi connectivity index (χ3n) is 1.84. The van der Waals surface area contributed by atoms with E-state index in [1.165, 1.54) is 0 Å². The van der Waals surface area contributed by atoms with Gasteiger partial charge in [-0.3, -0.25) is 9.69 Å². The smallest absolute Gasteiger partial charge is 0.320 e. The minimum Gasteiger partial charge on any atom is -0.480 e. The van der Waals surface area contributed by atoms with E-state index in [-0.39, 0.29) is 6.61 Å². The molecule has 0 rings (SSSR count). The molecule has 0 radical (unpaired) electrons. The Morgan fingerprint density at radius 1 is 1.54 bits per heavy atom. The third kappa shape index (κ3) is 5.57. The van der Waals surface area contributed by atoms with Gasteiger partial charge in [-0.1, -0.05) is 0 Å². The Hall–Kier alpha value is -0.650. The molecule has 0 saturated carbocycles. The van der Waals surface area contributed by atoms with Gasteiger partial charge in [0.15, 0.2) is 0 Å². The zero-order chi connectivity index (χ0) is 10.3. The molecule has 5 heteroatoms. The van der Waals surface area contributed by atoms with E-state index in [4.69, 9.17) is 14.9 Å². The molecule has 0 bridgehead atoms. The van der Waals surface area contributed by atoms with E-state index < -0.39 is 12.0 Å². The number of aliphatic hydroxyl groups excluding tert-OH is 1. The summed E-state index contributed by atoms with van der Waals surface area (Å²) in [4.78, 5) is 12.2. The number of likely N-dealkylation sites (N-methyl/N-ethyl adjacent to an activating group) is 1. The first-order chi connectivity index (χ1) is 6.09. The molecule has 1 atom stereocenters. The fourth-order valence-electron chi connectivity index (χ4n) is 0.757. The van der Waals surface area contributed by atoms with Crippen LogP contribution in [-0.4, -0.2) is 60.5 Å². The SMILES string of the molecule is CC(C(=O)O)N(C)CCOCCO.